The van der Waals surface area contributed by atoms with Crippen molar-refractivity contribution >= 4 is 57.7 Å². The first kappa shape index (κ1) is 31.0. The molecule has 1 aromatic heterocycles. The molecule has 44 heavy (non-hydrogen) atoms. The van der Waals surface area contributed by atoms with E-state index in [1.807, 2.05) is 84.8 Å². The molecule has 0 aliphatic carbocycles. The predicted molar refractivity (Wildman–Crippen MR) is 177 cm³/mol. The van der Waals surface area contributed by atoms with Gasteiger partial charge in [0.2, 0.25) is 11.8 Å². The van der Waals surface area contributed by atoms with E-state index in [9.17, 15) is 9.59 Å². The lowest BCUT2D eigenvalue weighted by Crippen LogP contribution is -2.59. The zero-order chi connectivity index (χ0) is 30.9. The summed E-state index contributed by atoms with van der Waals surface area (Å²) >= 11 is 14.0. The summed E-state index contributed by atoms with van der Waals surface area (Å²) in [6.07, 6.45) is 3.19. The Labute approximate surface area is 272 Å². The summed E-state index contributed by atoms with van der Waals surface area (Å²) in [5, 5.41) is 2.13. The smallest absolute Gasteiger partial charge is 0.237 e. The van der Waals surface area contributed by atoms with Crippen LogP contribution in [0.5, 0.6) is 0 Å². The van der Waals surface area contributed by atoms with Gasteiger partial charge in [0, 0.05) is 57.2 Å². The summed E-state index contributed by atoms with van der Waals surface area (Å²) in [5.41, 5.74) is 9.15. The van der Waals surface area contributed by atoms with Gasteiger partial charge in [-0.25, -0.2) is 0 Å². The maximum absolute atomic E-state index is 14.4. The molecule has 6 rings (SSSR count). The number of halogens is 2. The Morgan fingerprint density at radius 3 is 2.43 bits per heavy atom. The molecule has 2 fully saturated rings. The number of hydrogen-bond acceptors (Lipinski definition) is 5. The van der Waals surface area contributed by atoms with Crippen molar-refractivity contribution in [2.45, 2.75) is 47.9 Å². The SMILES string of the molecule is Cc1ccc(SC2(C(N)=O)CC(=O)N(Cc3ccc(Cl)cc3)C2(CCCN2CCOCC2)c2c[nH]c3cc(Cl)ccc23)cc1. The lowest BCUT2D eigenvalue weighted by atomic mass is 9.73. The number of rotatable bonds is 10. The molecule has 3 N–H and O–H groups in total. The molecule has 0 bridgehead atoms. The average molecular weight is 652 g/mol. The number of carbonyl (C=O) groups excluding carboxylic acids is 2. The normalized spacial score (nSPS) is 22.6. The van der Waals surface area contributed by atoms with Gasteiger partial charge in [-0.1, -0.05) is 59.1 Å². The molecule has 2 aliphatic rings. The average Bonchev–Trinajstić information content (AvgIpc) is 3.53. The minimum atomic E-state index is -1.30. The highest BCUT2D eigenvalue weighted by atomic mass is 35.5. The number of thioether (sulfide) groups is 1. The second kappa shape index (κ2) is 12.8. The summed E-state index contributed by atoms with van der Waals surface area (Å²) in [5.74, 6) is -0.627. The van der Waals surface area contributed by atoms with Gasteiger partial charge in [0.25, 0.3) is 0 Å². The van der Waals surface area contributed by atoms with Gasteiger partial charge in [0.15, 0.2) is 0 Å². The van der Waals surface area contributed by atoms with E-state index in [1.165, 1.54) is 11.8 Å². The fourth-order valence-electron chi connectivity index (χ4n) is 6.81. The van der Waals surface area contributed by atoms with E-state index in [0.717, 1.165) is 58.5 Å². The Morgan fingerprint density at radius 2 is 1.73 bits per heavy atom. The zero-order valence-corrected chi connectivity index (χ0v) is 27.0. The standard InChI is InChI=1S/C34H36Cl2N4O3S/c1-23-3-10-27(11-4-23)44-34(32(37)42)20-31(41)40(22-24-5-7-25(35)8-6-24)33(34,13-2-14-39-15-17-43-18-16-39)29-21-38-30-19-26(36)9-12-28(29)30/h3-12,19,21,38H,2,13-18,20,22H2,1H3,(H2,37,42). The molecule has 230 valence electrons. The Bertz CT molecular complexity index is 1660. The first-order valence-electron chi connectivity index (χ1n) is 14.9. The van der Waals surface area contributed by atoms with Crippen LogP contribution < -0.4 is 5.73 Å². The van der Waals surface area contributed by atoms with E-state index in [0.29, 0.717) is 36.2 Å². The molecule has 7 nitrogen and oxygen atoms in total. The van der Waals surface area contributed by atoms with Crippen molar-refractivity contribution in [2.24, 2.45) is 5.73 Å². The van der Waals surface area contributed by atoms with Crippen molar-refractivity contribution in [3.05, 3.63) is 99.7 Å². The van der Waals surface area contributed by atoms with Gasteiger partial charge in [-0.05, 0) is 68.3 Å². The van der Waals surface area contributed by atoms with Crippen LogP contribution in [-0.4, -0.2) is 64.2 Å². The van der Waals surface area contributed by atoms with Crippen molar-refractivity contribution in [1.29, 1.82) is 0 Å². The van der Waals surface area contributed by atoms with Crippen LogP contribution in [0.25, 0.3) is 10.9 Å². The molecule has 2 aliphatic heterocycles. The van der Waals surface area contributed by atoms with Gasteiger partial charge in [-0.15, -0.1) is 11.8 Å². The fraction of sp³-hybridized carbons (Fsp3) is 0.353. The molecule has 0 radical (unpaired) electrons. The Hall–Kier alpha value is -3.01. The maximum Gasteiger partial charge on any atom is 0.237 e. The topological polar surface area (TPSA) is 91.7 Å². The number of ether oxygens (including phenoxy) is 1. The van der Waals surface area contributed by atoms with Crippen LogP contribution in [0.1, 0.15) is 36.0 Å². The van der Waals surface area contributed by atoms with E-state index in [-0.39, 0.29) is 12.3 Å². The highest BCUT2D eigenvalue weighted by Crippen LogP contribution is 2.60. The predicted octanol–water partition coefficient (Wildman–Crippen LogP) is 6.54. The molecule has 2 saturated heterocycles. The Kier molecular flexibility index (Phi) is 9.00. The van der Waals surface area contributed by atoms with Gasteiger partial charge in [-0.3, -0.25) is 14.5 Å². The van der Waals surface area contributed by atoms with Gasteiger partial charge in [0.05, 0.1) is 25.2 Å². The Balaban J connectivity index is 1.55. The second-order valence-electron chi connectivity index (χ2n) is 11.7. The number of aromatic amines is 1. The van der Waals surface area contributed by atoms with Crippen molar-refractivity contribution in [3.63, 3.8) is 0 Å². The summed E-state index contributed by atoms with van der Waals surface area (Å²) in [4.78, 5) is 37.1. The number of amides is 2. The summed E-state index contributed by atoms with van der Waals surface area (Å²) in [7, 11) is 0. The van der Waals surface area contributed by atoms with E-state index >= 15 is 0 Å². The van der Waals surface area contributed by atoms with Crippen LogP contribution >= 0.6 is 35.0 Å². The molecular weight excluding hydrogens is 615 g/mol. The molecule has 10 heteroatoms. The number of morpholine rings is 1. The zero-order valence-electron chi connectivity index (χ0n) is 24.7. The van der Waals surface area contributed by atoms with E-state index in [4.69, 9.17) is 33.7 Å². The lowest BCUT2D eigenvalue weighted by molar-refractivity contribution is -0.132. The number of H-pyrrole nitrogens is 1. The molecule has 0 saturated carbocycles. The number of nitrogens with two attached hydrogens (primary N) is 1. The lowest BCUT2D eigenvalue weighted by Gasteiger charge is -2.48. The van der Waals surface area contributed by atoms with Gasteiger partial charge >= 0.3 is 0 Å². The van der Waals surface area contributed by atoms with Crippen molar-refractivity contribution in [3.8, 4) is 0 Å². The number of nitrogens with zero attached hydrogens (tertiary/aromatic N) is 2. The number of likely N-dealkylation sites (tertiary alicyclic amines) is 1. The summed E-state index contributed by atoms with van der Waals surface area (Å²) in [6, 6.07) is 21.3. The minimum absolute atomic E-state index is 0.0215. The van der Waals surface area contributed by atoms with Crippen LogP contribution in [0.3, 0.4) is 0 Å². The number of fused-ring (bicyclic) bond motifs is 1. The number of benzene rings is 3. The first-order chi connectivity index (χ1) is 21.2. The number of carbonyl (C=O) groups is 2. The molecule has 2 amide bonds. The van der Waals surface area contributed by atoms with Gasteiger partial charge in [0.1, 0.15) is 4.75 Å². The minimum Gasteiger partial charge on any atom is -0.379 e. The van der Waals surface area contributed by atoms with Crippen LogP contribution in [0.2, 0.25) is 10.0 Å². The highest BCUT2D eigenvalue weighted by Gasteiger charge is 2.67. The van der Waals surface area contributed by atoms with Crippen LogP contribution in [0.15, 0.2) is 77.8 Å². The molecule has 4 aromatic rings. The molecule has 3 aromatic carbocycles. The monoisotopic (exact) mass is 650 g/mol. The number of aryl methyl sites for hydroxylation is 1. The number of nitrogens with one attached hydrogen (secondary N) is 1. The number of aromatic nitrogens is 1. The van der Waals surface area contributed by atoms with Gasteiger partial charge in [-0.2, -0.15) is 0 Å². The third kappa shape index (κ3) is 5.74. The first-order valence-corrected chi connectivity index (χ1v) is 16.5. The summed E-state index contributed by atoms with van der Waals surface area (Å²) < 4.78 is 4.28. The van der Waals surface area contributed by atoms with Gasteiger partial charge < -0.3 is 20.4 Å². The number of primary amides is 1. The van der Waals surface area contributed by atoms with E-state index < -0.39 is 16.2 Å². The van der Waals surface area contributed by atoms with Crippen molar-refractivity contribution in [1.82, 2.24) is 14.8 Å². The van der Waals surface area contributed by atoms with Crippen molar-refractivity contribution in [2.75, 3.05) is 32.8 Å². The molecule has 0 spiro atoms. The Morgan fingerprint density at radius 1 is 1.02 bits per heavy atom. The summed E-state index contributed by atoms with van der Waals surface area (Å²) in [6.45, 7) is 6.24. The third-order valence-electron chi connectivity index (χ3n) is 9.00. The molecular formula is C34H36Cl2N4O3S. The highest BCUT2D eigenvalue weighted by molar-refractivity contribution is 8.01. The second-order valence-corrected chi connectivity index (χ2v) is 13.9. The number of hydrogen-bond donors (Lipinski definition) is 2. The van der Waals surface area contributed by atoms with E-state index in [2.05, 4.69) is 9.88 Å². The van der Waals surface area contributed by atoms with Crippen molar-refractivity contribution < 1.29 is 14.3 Å². The molecule has 2 unspecified atom stereocenters. The molecule has 3 heterocycles. The fourth-order valence-corrected chi connectivity index (χ4v) is 8.57. The quantitative estimate of drug-likeness (QED) is 0.203. The largest absolute Gasteiger partial charge is 0.379 e. The van der Waals surface area contributed by atoms with Crippen LogP contribution in [-0.2, 0) is 26.4 Å². The third-order valence-corrected chi connectivity index (χ3v) is 11.0. The van der Waals surface area contributed by atoms with E-state index in [1.54, 1.807) is 0 Å². The van der Waals surface area contributed by atoms with Crippen LogP contribution in [0, 0.1) is 6.92 Å². The maximum atomic E-state index is 14.4. The van der Waals surface area contributed by atoms with Crippen LogP contribution in [0.4, 0.5) is 0 Å². The molecule has 2 atom stereocenters.